The van der Waals surface area contributed by atoms with Crippen LogP contribution in [0.5, 0.6) is 0 Å². The van der Waals surface area contributed by atoms with Gasteiger partial charge in [0.25, 0.3) is 0 Å². The number of benzene rings is 1. The van der Waals surface area contributed by atoms with Crippen LogP contribution in [0.2, 0.25) is 0 Å². The summed E-state index contributed by atoms with van der Waals surface area (Å²) < 4.78 is 6.17. The highest BCUT2D eigenvalue weighted by atomic mass is 16.5. The molecule has 2 N–H and O–H groups in total. The molecule has 2 heterocycles. The maximum absolute atomic E-state index is 6.17. The molecular formula is C24H40N4O. The molecule has 1 aromatic carbocycles. The quantitative estimate of drug-likeness (QED) is 0.538. The average molecular weight is 401 g/mol. The molecule has 2 atom stereocenters. The van der Waals surface area contributed by atoms with Gasteiger partial charge in [0, 0.05) is 45.2 Å². The van der Waals surface area contributed by atoms with E-state index in [1.807, 2.05) is 7.05 Å². The topological polar surface area (TPSA) is 48.9 Å². The highest BCUT2D eigenvalue weighted by molar-refractivity contribution is 5.80. The number of nitrogens with one attached hydrogen (secondary N) is 2. The third kappa shape index (κ3) is 6.71. The molecule has 2 fully saturated rings. The van der Waals surface area contributed by atoms with E-state index in [0.717, 1.165) is 25.5 Å². The van der Waals surface area contributed by atoms with Gasteiger partial charge in [-0.15, -0.1) is 0 Å². The van der Waals surface area contributed by atoms with Crippen molar-refractivity contribution in [3.8, 4) is 0 Å². The van der Waals surface area contributed by atoms with Crippen LogP contribution in [-0.4, -0.2) is 56.7 Å². The van der Waals surface area contributed by atoms with Crippen molar-refractivity contribution >= 4 is 5.96 Å². The molecule has 0 saturated carbocycles. The normalized spacial score (nSPS) is 24.4. The Balaban J connectivity index is 1.47. The number of unbranched alkanes of at least 4 members (excludes halogenated alkanes) is 1. The van der Waals surface area contributed by atoms with Crippen molar-refractivity contribution < 1.29 is 4.74 Å². The van der Waals surface area contributed by atoms with Crippen molar-refractivity contribution in [3.63, 3.8) is 0 Å². The molecule has 0 amide bonds. The lowest BCUT2D eigenvalue weighted by atomic mass is 9.89. The number of likely N-dealkylation sites (tertiary alicyclic amines) is 1. The van der Waals surface area contributed by atoms with E-state index in [-0.39, 0.29) is 6.10 Å². The molecule has 29 heavy (non-hydrogen) atoms. The van der Waals surface area contributed by atoms with Crippen molar-refractivity contribution in [2.75, 3.05) is 39.8 Å². The number of guanidine groups is 1. The van der Waals surface area contributed by atoms with Gasteiger partial charge in [0.2, 0.25) is 0 Å². The highest BCUT2D eigenvalue weighted by Crippen LogP contribution is 2.33. The predicted octanol–water partition coefficient (Wildman–Crippen LogP) is 3.89. The minimum Gasteiger partial charge on any atom is -0.373 e. The summed E-state index contributed by atoms with van der Waals surface area (Å²) in [5.41, 5.74) is 2.59. The van der Waals surface area contributed by atoms with Crippen LogP contribution in [0.15, 0.2) is 29.3 Å². The van der Waals surface area contributed by atoms with Gasteiger partial charge in [-0.1, -0.05) is 43.2 Å². The second kappa shape index (κ2) is 11.6. The van der Waals surface area contributed by atoms with E-state index in [1.165, 1.54) is 62.9 Å². The molecule has 0 aliphatic carbocycles. The predicted molar refractivity (Wildman–Crippen MR) is 121 cm³/mol. The molecule has 0 spiro atoms. The van der Waals surface area contributed by atoms with Gasteiger partial charge in [-0.2, -0.15) is 0 Å². The number of ether oxygens (including phenoxy) is 1. The van der Waals surface area contributed by atoms with Crippen molar-refractivity contribution in [2.45, 2.75) is 64.5 Å². The van der Waals surface area contributed by atoms with Gasteiger partial charge < -0.3 is 20.3 Å². The number of aryl methyl sites for hydroxylation is 1. The van der Waals surface area contributed by atoms with Crippen LogP contribution in [0.1, 0.15) is 62.7 Å². The summed E-state index contributed by atoms with van der Waals surface area (Å²) in [6, 6.07) is 9.33. The van der Waals surface area contributed by atoms with Crippen LogP contribution >= 0.6 is 0 Å². The fourth-order valence-corrected chi connectivity index (χ4v) is 4.48. The number of nitrogens with zero attached hydrogens (tertiary/aromatic N) is 2. The maximum Gasteiger partial charge on any atom is 0.191 e. The number of aliphatic imine (C=N–C) groups is 1. The first-order chi connectivity index (χ1) is 14.2. The second-order valence-electron chi connectivity index (χ2n) is 8.67. The Kier molecular flexibility index (Phi) is 8.81. The molecule has 0 bridgehead atoms. The average Bonchev–Trinajstić information content (AvgIpc) is 2.77. The van der Waals surface area contributed by atoms with Gasteiger partial charge in [-0.3, -0.25) is 4.99 Å². The second-order valence-corrected chi connectivity index (χ2v) is 8.67. The highest BCUT2D eigenvalue weighted by Gasteiger charge is 2.28. The number of hydrogen-bond acceptors (Lipinski definition) is 3. The molecule has 2 aliphatic heterocycles. The van der Waals surface area contributed by atoms with E-state index < -0.39 is 0 Å². The summed E-state index contributed by atoms with van der Waals surface area (Å²) in [7, 11) is 1.88. The lowest BCUT2D eigenvalue weighted by Crippen LogP contribution is -2.50. The monoisotopic (exact) mass is 400 g/mol. The summed E-state index contributed by atoms with van der Waals surface area (Å²) in [6.45, 7) is 9.80. The Hall–Kier alpha value is -1.59. The zero-order valence-electron chi connectivity index (χ0n) is 18.6. The first kappa shape index (κ1) is 22.1. The van der Waals surface area contributed by atoms with Crippen LogP contribution in [0.25, 0.3) is 0 Å². The molecule has 5 nitrogen and oxygen atoms in total. The minimum absolute atomic E-state index is 0.178. The van der Waals surface area contributed by atoms with E-state index in [4.69, 9.17) is 4.74 Å². The van der Waals surface area contributed by atoms with Crippen LogP contribution in [0.3, 0.4) is 0 Å². The van der Waals surface area contributed by atoms with E-state index in [0.29, 0.717) is 12.0 Å². The molecular weight excluding hydrogens is 360 g/mol. The Labute approximate surface area is 177 Å². The summed E-state index contributed by atoms with van der Waals surface area (Å²) >= 11 is 0. The minimum atomic E-state index is 0.178. The summed E-state index contributed by atoms with van der Waals surface area (Å²) in [6.07, 6.45) is 7.49. The lowest BCUT2D eigenvalue weighted by Gasteiger charge is -2.34. The van der Waals surface area contributed by atoms with E-state index in [9.17, 15) is 0 Å². The van der Waals surface area contributed by atoms with Gasteiger partial charge in [0.1, 0.15) is 0 Å². The van der Waals surface area contributed by atoms with Crippen molar-refractivity contribution in [2.24, 2.45) is 10.9 Å². The summed E-state index contributed by atoms with van der Waals surface area (Å²) in [5, 5.41) is 7.24. The Morgan fingerprint density at radius 1 is 1.17 bits per heavy atom. The molecule has 162 valence electrons. The SMILES string of the molecule is CCCCN1CCC(NC(=NC)NCC2CCCOC2c2ccc(C)cc2)CC1. The molecule has 2 aliphatic rings. The summed E-state index contributed by atoms with van der Waals surface area (Å²) in [5.74, 6) is 1.41. The molecule has 5 heteroatoms. The number of hydrogen-bond donors (Lipinski definition) is 2. The van der Waals surface area contributed by atoms with E-state index >= 15 is 0 Å². The molecule has 2 unspecified atom stereocenters. The number of rotatable bonds is 7. The molecule has 1 aromatic rings. The van der Waals surface area contributed by atoms with Crippen LogP contribution in [-0.2, 0) is 4.74 Å². The van der Waals surface area contributed by atoms with Crippen LogP contribution in [0.4, 0.5) is 0 Å². The Morgan fingerprint density at radius 3 is 2.62 bits per heavy atom. The van der Waals surface area contributed by atoms with Gasteiger partial charge in [0.15, 0.2) is 5.96 Å². The molecule has 2 saturated heterocycles. The van der Waals surface area contributed by atoms with Gasteiger partial charge in [-0.25, -0.2) is 0 Å². The summed E-state index contributed by atoms with van der Waals surface area (Å²) in [4.78, 5) is 7.09. The largest absolute Gasteiger partial charge is 0.373 e. The van der Waals surface area contributed by atoms with Gasteiger partial charge >= 0.3 is 0 Å². The maximum atomic E-state index is 6.17. The van der Waals surface area contributed by atoms with Gasteiger partial charge in [0.05, 0.1) is 6.10 Å². The molecule has 0 radical (unpaired) electrons. The zero-order chi connectivity index (χ0) is 20.5. The smallest absolute Gasteiger partial charge is 0.191 e. The van der Waals surface area contributed by atoms with Crippen LogP contribution < -0.4 is 10.6 Å². The molecule has 3 rings (SSSR count). The van der Waals surface area contributed by atoms with Crippen molar-refractivity contribution in [1.82, 2.24) is 15.5 Å². The Bertz CT molecular complexity index is 622. The number of piperidine rings is 1. The van der Waals surface area contributed by atoms with Crippen molar-refractivity contribution in [1.29, 1.82) is 0 Å². The van der Waals surface area contributed by atoms with Gasteiger partial charge in [-0.05, 0) is 51.1 Å². The zero-order valence-corrected chi connectivity index (χ0v) is 18.6. The third-order valence-electron chi connectivity index (χ3n) is 6.36. The Morgan fingerprint density at radius 2 is 1.93 bits per heavy atom. The fourth-order valence-electron chi connectivity index (χ4n) is 4.48. The molecule has 0 aromatic heterocycles. The fraction of sp³-hybridized carbons (Fsp3) is 0.708. The van der Waals surface area contributed by atoms with Crippen LogP contribution in [0, 0.1) is 12.8 Å². The van der Waals surface area contributed by atoms with Crippen molar-refractivity contribution in [3.05, 3.63) is 35.4 Å². The third-order valence-corrected chi connectivity index (χ3v) is 6.36. The van der Waals surface area contributed by atoms with E-state index in [1.54, 1.807) is 0 Å². The first-order valence-corrected chi connectivity index (χ1v) is 11.6. The standard InChI is InChI=1S/C24H40N4O/c1-4-5-14-28-15-12-22(13-16-28)27-24(25-3)26-18-21-7-6-17-29-23(21)20-10-8-19(2)9-11-20/h8-11,21-23H,4-7,12-18H2,1-3H3,(H2,25,26,27). The first-order valence-electron chi connectivity index (χ1n) is 11.6. The lowest BCUT2D eigenvalue weighted by molar-refractivity contribution is -0.0265. The van der Waals surface area contributed by atoms with E-state index in [2.05, 4.69) is 58.6 Å².